The SMILES string of the molecule is C=CC(C)Oc1ccc(OC)cc1CNCCC. The fourth-order valence-electron chi connectivity index (χ4n) is 1.58. The normalized spacial score (nSPS) is 11.9. The van der Waals surface area contributed by atoms with Crippen LogP contribution in [0.1, 0.15) is 25.8 Å². The molecule has 18 heavy (non-hydrogen) atoms. The third-order valence-electron chi connectivity index (χ3n) is 2.65. The molecule has 100 valence electrons. The van der Waals surface area contributed by atoms with Gasteiger partial charge in [0.1, 0.15) is 17.6 Å². The van der Waals surface area contributed by atoms with Gasteiger partial charge in [-0.2, -0.15) is 0 Å². The fraction of sp³-hybridized carbons (Fsp3) is 0.467. The third-order valence-corrected chi connectivity index (χ3v) is 2.65. The maximum Gasteiger partial charge on any atom is 0.124 e. The van der Waals surface area contributed by atoms with Gasteiger partial charge < -0.3 is 14.8 Å². The van der Waals surface area contributed by atoms with Crippen LogP contribution in [0, 0.1) is 0 Å². The molecule has 0 radical (unpaired) electrons. The Labute approximate surface area is 110 Å². The Hall–Kier alpha value is -1.48. The van der Waals surface area contributed by atoms with E-state index < -0.39 is 0 Å². The largest absolute Gasteiger partial charge is 0.497 e. The van der Waals surface area contributed by atoms with Crippen LogP contribution in [-0.2, 0) is 6.54 Å². The van der Waals surface area contributed by atoms with Gasteiger partial charge in [0.25, 0.3) is 0 Å². The van der Waals surface area contributed by atoms with Crippen molar-refractivity contribution in [2.45, 2.75) is 32.9 Å². The number of hydrogen-bond donors (Lipinski definition) is 1. The predicted octanol–water partition coefficient (Wildman–Crippen LogP) is 3.15. The maximum atomic E-state index is 5.81. The van der Waals surface area contributed by atoms with Crippen LogP contribution in [0.25, 0.3) is 0 Å². The molecule has 0 aliphatic rings. The van der Waals surface area contributed by atoms with Gasteiger partial charge in [-0.25, -0.2) is 0 Å². The van der Waals surface area contributed by atoms with Gasteiger partial charge in [-0.3, -0.25) is 0 Å². The van der Waals surface area contributed by atoms with Crippen LogP contribution in [0.5, 0.6) is 11.5 Å². The smallest absolute Gasteiger partial charge is 0.124 e. The number of hydrogen-bond acceptors (Lipinski definition) is 3. The summed E-state index contributed by atoms with van der Waals surface area (Å²) in [6.07, 6.45) is 2.90. The van der Waals surface area contributed by atoms with E-state index in [9.17, 15) is 0 Å². The Bertz CT molecular complexity index is 377. The molecule has 0 aliphatic carbocycles. The molecule has 0 fully saturated rings. The van der Waals surface area contributed by atoms with E-state index in [1.807, 2.05) is 25.1 Å². The van der Waals surface area contributed by atoms with E-state index >= 15 is 0 Å². The quantitative estimate of drug-likeness (QED) is 0.567. The number of methoxy groups -OCH3 is 1. The first kappa shape index (κ1) is 14.6. The zero-order chi connectivity index (χ0) is 13.4. The van der Waals surface area contributed by atoms with Crippen LogP contribution in [0.3, 0.4) is 0 Å². The summed E-state index contributed by atoms with van der Waals surface area (Å²) in [5.41, 5.74) is 1.11. The molecule has 1 aromatic rings. The highest BCUT2D eigenvalue weighted by Crippen LogP contribution is 2.25. The molecule has 0 aliphatic heterocycles. The average Bonchev–Trinajstić information content (AvgIpc) is 2.40. The molecule has 0 amide bonds. The second-order valence-electron chi connectivity index (χ2n) is 4.21. The molecule has 1 rings (SSSR count). The summed E-state index contributed by atoms with van der Waals surface area (Å²) < 4.78 is 11.1. The van der Waals surface area contributed by atoms with Gasteiger partial charge in [-0.15, -0.1) is 0 Å². The lowest BCUT2D eigenvalue weighted by atomic mass is 10.2. The van der Waals surface area contributed by atoms with Crippen molar-refractivity contribution < 1.29 is 9.47 Å². The number of ether oxygens (including phenoxy) is 2. The summed E-state index contributed by atoms with van der Waals surface area (Å²) in [4.78, 5) is 0. The van der Waals surface area contributed by atoms with Crippen molar-refractivity contribution in [1.29, 1.82) is 0 Å². The molecule has 3 heteroatoms. The van der Waals surface area contributed by atoms with Crippen molar-refractivity contribution in [2.75, 3.05) is 13.7 Å². The monoisotopic (exact) mass is 249 g/mol. The fourth-order valence-corrected chi connectivity index (χ4v) is 1.58. The molecule has 0 bridgehead atoms. The van der Waals surface area contributed by atoms with Gasteiger partial charge in [0.2, 0.25) is 0 Å². The van der Waals surface area contributed by atoms with Crippen molar-refractivity contribution in [3.8, 4) is 11.5 Å². The van der Waals surface area contributed by atoms with Crippen molar-refractivity contribution >= 4 is 0 Å². The molecule has 0 saturated carbocycles. The van der Waals surface area contributed by atoms with Crippen molar-refractivity contribution in [3.63, 3.8) is 0 Å². The Kier molecular flexibility index (Phi) is 6.29. The highest BCUT2D eigenvalue weighted by Gasteiger charge is 2.07. The van der Waals surface area contributed by atoms with Gasteiger partial charge in [0.15, 0.2) is 0 Å². The van der Waals surface area contributed by atoms with Crippen LogP contribution in [0.4, 0.5) is 0 Å². The van der Waals surface area contributed by atoms with E-state index in [-0.39, 0.29) is 6.10 Å². The van der Waals surface area contributed by atoms with E-state index in [1.54, 1.807) is 13.2 Å². The van der Waals surface area contributed by atoms with Crippen LogP contribution >= 0.6 is 0 Å². The van der Waals surface area contributed by atoms with Gasteiger partial charge in [-0.1, -0.05) is 19.6 Å². The molecular weight excluding hydrogens is 226 g/mol. The summed E-state index contributed by atoms with van der Waals surface area (Å²) in [5.74, 6) is 1.73. The van der Waals surface area contributed by atoms with E-state index in [4.69, 9.17) is 9.47 Å². The highest BCUT2D eigenvalue weighted by molar-refractivity contribution is 5.40. The minimum absolute atomic E-state index is 0.00307. The van der Waals surface area contributed by atoms with E-state index in [1.165, 1.54) is 0 Å². The number of benzene rings is 1. The standard InChI is InChI=1S/C15H23NO2/c1-5-9-16-11-13-10-14(17-4)7-8-15(13)18-12(3)6-2/h6-8,10,12,16H,2,5,9,11H2,1,3-4H3. The average molecular weight is 249 g/mol. The second-order valence-corrected chi connectivity index (χ2v) is 4.21. The molecule has 1 N–H and O–H groups in total. The maximum absolute atomic E-state index is 5.81. The Morgan fingerprint density at radius 1 is 1.44 bits per heavy atom. The molecule has 0 saturated heterocycles. The lowest BCUT2D eigenvalue weighted by Gasteiger charge is -2.16. The first-order valence-corrected chi connectivity index (χ1v) is 6.38. The van der Waals surface area contributed by atoms with Crippen LogP contribution in [-0.4, -0.2) is 19.8 Å². The summed E-state index contributed by atoms with van der Waals surface area (Å²) in [6, 6.07) is 5.87. The molecule has 0 heterocycles. The molecule has 1 atom stereocenters. The minimum atomic E-state index is 0.00307. The van der Waals surface area contributed by atoms with Crippen LogP contribution in [0.15, 0.2) is 30.9 Å². The zero-order valence-electron chi connectivity index (χ0n) is 11.5. The minimum Gasteiger partial charge on any atom is -0.497 e. The molecule has 0 spiro atoms. The Morgan fingerprint density at radius 3 is 2.83 bits per heavy atom. The van der Waals surface area contributed by atoms with E-state index in [2.05, 4.69) is 18.8 Å². The Morgan fingerprint density at radius 2 is 2.22 bits per heavy atom. The highest BCUT2D eigenvalue weighted by atomic mass is 16.5. The molecule has 1 unspecified atom stereocenters. The third kappa shape index (κ3) is 4.41. The first-order chi connectivity index (χ1) is 8.71. The van der Waals surface area contributed by atoms with E-state index in [0.717, 1.165) is 36.6 Å². The second kappa shape index (κ2) is 7.77. The summed E-state index contributed by atoms with van der Waals surface area (Å²) in [7, 11) is 1.67. The van der Waals surface area contributed by atoms with Crippen molar-refractivity contribution in [2.24, 2.45) is 0 Å². The lowest BCUT2D eigenvalue weighted by molar-refractivity contribution is 0.266. The van der Waals surface area contributed by atoms with Gasteiger partial charge in [0.05, 0.1) is 7.11 Å². The summed E-state index contributed by atoms with van der Waals surface area (Å²) in [5, 5.41) is 3.37. The van der Waals surface area contributed by atoms with Crippen LogP contribution in [0.2, 0.25) is 0 Å². The summed E-state index contributed by atoms with van der Waals surface area (Å²) >= 11 is 0. The molecule has 3 nitrogen and oxygen atoms in total. The summed E-state index contributed by atoms with van der Waals surface area (Å²) in [6.45, 7) is 9.63. The van der Waals surface area contributed by atoms with Gasteiger partial charge >= 0.3 is 0 Å². The zero-order valence-corrected chi connectivity index (χ0v) is 11.5. The first-order valence-electron chi connectivity index (χ1n) is 6.38. The topological polar surface area (TPSA) is 30.5 Å². The van der Waals surface area contributed by atoms with Crippen molar-refractivity contribution in [1.82, 2.24) is 5.32 Å². The van der Waals surface area contributed by atoms with Gasteiger partial charge in [0, 0.05) is 12.1 Å². The lowest BCUT2D eigenvalue weighted by Crippen LogP contribution is -2.16. The van der Waals surface area contributed by atoms with Gasteiger partial charge in [-0.05, 0) is 38.1 Å². The van der Waals surface area contributed by atoms with Crippen LogP contribution < -0.4 is 14.8 Å². The number of nitrogens with one attached hydrogen (secondary N) is 1. The van der Waals surface area contributed by atoms with Crippen molar-refractivity contribution in [3.05, 3.63) is 36.4 Å². The Balaban J connectivity index is 2.82. The van der Waals surface area contributed by atoms with E-state index in [0.29, 0.717) is 0 Å². The molecular formula is C15H23NO2. The number of rotatable bonds is 8. The molecule has 1 aromatic carbocycles. The molecule has 0 aromatic heterocycles. The predicted molar refractivity (Wildman–Crippen MR) is 75.3 cm³/mol.